The van der Waals surface area contributed by atoms with Gasteiger partial charge >= 0.3 is 0 Å². The minimum Gasteiger partial charge on any atom is -0.384 e. The van der Waals surface area contributed by atoms with Crippen LogP contribution in [0, 0.1) is 6.92 Å². The Morgan fingerprint density at radius 1 is 1.25 bits per heavy atom. The first-order valence-corrected chi connectivity index (χ1v) is 5.81. The second-order valence-corrected chi connectivity index (χ2v) is 4.04. The normalized spacial score (nSPS) is 10.4. The van der Waals surface area contributed by atoms with Crippen molar-refractivity contribution in [3.8, 4) is 0 Å². The minimum atomic E-state index is 0.746. The average molecular weight is 243 g/mol. The summed E-state index contributed by atoms with van der Waals surface area (Å²) in [4.78, 5) is 0. The van der Waals surface area contributed by atoms with Gasteiger partial charge in [-0.3, -0.25) is 0 Å². The number of rotatable bonds is 7. The van der Waals surface area contributed by atoms with Crippen LogP contribution in [0.3, 0.4) is 0 Å². The van der Waals surface area contributed by atoms with Crippen molar-refractivity contribution in [1.82, 2.24) is 5.32 Å². The summed E-state index contributed by atoms with van der Waals surface area (Å²) >= 11 is 6.02. The molecular formula is C12H19ClN2O. The van der Waals surface area contributed by atoms with Crippen LogP contribution in [0.4, 0.5) is 5.69 Å². The van der Waals surface area contributed by atoms with Gasteiger partial charge in [-0.25, -0.2) is 0 Å². The molecule has 0 bridgehead atoms. The molecule has 0 heterocycles. The summed E-state index contributed by atoms with van der Waals surface area (Å²) in [5, 5.41) is 7.37. The maximum atomic E-state index is 6.02. The fourth-order valence-corrected chi connectivity index (χ4v) is 1.48. The minimum absolute atomic E-state index is 0.746. The third-order valence-electron chi connectivity index (χ3n) is 2.29. The van der Waals surface area contributed by atoms with Crippen molar-refractivity contribution >= 4 is 17.3 Å². The van der Waals surface area contributed by atoms with Crippen molar-refractivity contribution < 1.29 is 4.74 Å². The van der Waals surface area contributed by atoms with Crippen molar-refractivity contribution in [1.29, 1.82) is 0 Å². The predicted molar refractivity (Wildman–Crippen MR) is 69.4 cm³/mol. The Morgan fingerprint density at radius 2 is 2.06 bits per heavy atom. The van der Waals surface area contributed by atoms with Crippen molar-refractivity contribution in [2.24, 2.45) is 0 Å². The van der Waals surface area contributed by atoms with Gasteiger partial charge in [0.1, 0.15) is 0 Å². The Morgan fingerprint density at radius 3 is 2.75 bits per heavy atom. The molecule has 0 atom stereocenters. The first-order chi connectivity index (χ1) is 7.74. The lowest BCUT2D eigenvalue weighted by molar-refractivity contribution is 0.200. The maximum Gasteiger partial charge on any atom is 0.0587 e. The van der Waals surface area contributed by atoms with Crippen molar-refractivity contribution in [2.45, 2.75) is 6.92 Å². The van der Waals surface area contributed by atoms with E-state index in [2.05, 4.69) is 10.6 Å². The average Bonchev–Trinajstić information content (AvgIpc) is 2.28. The Labute approximate surface area is 102 Å². The lowest BCUT2D eigenvalue weighted by Gasteiger charge is -2.08. The molecule has 0 saturated heterocycles. The Hall–Kier alpha value is -0.770. The van der Waals surface area contributed by atoms with Gasteiger partial charge in [0.25, 0.3) is 0 Å². The molecule has 0 aliphatic heterocycles. The van der Waals surface area contributed by atoms with E-state index in [1.54, 1.807) is 7.11 Å². The zero-order chi connectivity index (χ0) is 11.8. The summed E-state index contributed by atoms with van der Waals surface area (Å²) in [5.41, 5.74) is 2.16. The molecule has 1 aromatic carbocycles. The molecule has 0 aliphatic carbocycles. The molecule has 0 aliphatic rings. The van der Waals surface area contributed by atoms with Gasteiger partial charge in [0.05, 0.1) is 6.61 Å². The van der Waals surface area contributed by atoms with Gasteiger partial charge in [-0.15, -0.1) is 0 Å². The molecule has 16 heavy (non-hydrogen) atoms. The lowest BCUT2D eigenvalue weighted by Crippen LogP contribution is -2.25. The second kappa shape index (κ2) is 7.49. The predicted octanol–water partition coefficient (Wildman–Crippen LogP) is 2.30. The van der Waals surface area contributed by atoms with Gasteiger partial charge in [0.15, 0.2) is 0 Å². The van der Waals surface area contributed by atoms with E-state index in [1.165, 1.54) is 0 Å². The van der Waals surface area contributed by atoms with Gasteiger partial charge in [0.2, 0.25) is 0 Å². The molecular weight excluding hydrogens is 224 g/mol. The van der Waals surface area contributed by atoms with E-state index in [0.29, 0.717) is 0 Å². The number of halogens is 1. The highest BCUT2D eigenvalue weighted by Crippen LogP contribution is 2.19. The van der Waals surface area contributed by atoms with E-state index < -0.39 is 0 Å². The fraction of sp³-hybridized carbons (Fsp3) is 0.500. The fourth-order valence-electron chi connectivity index (χ4n) is 1.30. The summed E-state index contributed by atoms with van der Waals surface area (Å²) in [6.45, 7) is 5.42. The van der Waals surface area contributed by atoms with Gasteiger partial charge in [-0.1, -0.05) is 17.7 Å². The van der Waals surface area contributed by atoms with E-state index in [4.69, 9.17) is 16.3 Å². The molecule has 4 heteroatoms. The zero-order valence-corrected chi connectivity index (χ0v) is 10.6. The topological polar surface area (TPSA) is 33.3 Å². The first kappa shape index (κ1) is 13.3. The highest BCUT2D eigenvalue weighted by Gasteiger charge is 1.96. The summed E-state index contributed by atoms with van der Waals surface area (Å²) < 4.78 is 4.94. The molecule has 2 N–H and O–H groups in total. The standard InChI is InChI=1S/C12H19ClN2O/c1-10-3-4-11(9-12(10)13)15-6-5-14-7-8-16-2/h3-4,9,14-15H,5-8H2,1-2H3. The summed E-state index contributed by atoms with van der Waals surface area (Å²) in [6, 6.07) is 6.01. The number of methoxy groups -OCH3 is 1. The molecule has 1 aromatic rings. The van der Waals surface area contributed by atoms with Crippen LogP contribution in [0.1, 0.15) is 5.56 Å². The molecule has 3 nitrogen and oxygen atoms in total. The summed E-state index contributed by atoms with van der Waals surface area (Å²) in [5.74, 6) is 0. The summed E-state index contributed by atoms with van der Waals surface area (Å²) in [6.07, 6.45) is 0. The second-order valence-electron chi connectivity index (χ2n) is 3.63. The SMILES string of the molecule is COCCNCCNc1ccc(C)c(Cl)c1. The number of nitrogens with one attached hydrogen (secondary N) is 2. The third-order valence-corrected chi connectivity index (χ3v) is 2.69. The van der Waals surface area contributed by atoms with E-state index in [-0.39, 0.29) is 0 Å². The molecule has 0 fully saturated rings. The molecule has 0 saturated carbocycles. The van der Waals surface area contributed by atoms with Crippen molar-refractivity contribution in [2.75, 3.05) is 38.7 Å². The van der Waals surface area contributed by atoms with Crippen LogP contribution in [0.25, 0.3) is 0 Å². The smallest absolute Gasteiger partial charge is 0.0587 e. The molecule has 90 valence electrons. The molecule has 0 radical (unpaired) electrons. The van der Waals surface area contributed by atoms with Gasteiger partial charge < -0.3 is 15.4 Å². The van der Waals surface area contributed by atoms with E-state index in [9.17, 15) is 0 Å². The third kappa shape index (κ3) is 4.84. The van der Waals surface area contributed by atoms with Crippen molar-refractivity contribution in [3.63, 3.8) is 0 Å². The molecule has 0 unspecified atom stereocenters. The molecule has 0 spiro atoms. The highest BCUT2D eigenvalue weighted by molar-refractivity contribution is 6.31. The van der Waals surface area contributed by atoms with E-state index in [0.717, 1.165) is 42.5 Å². The number of hydrogen-bond donors (Lipinski definition) is 2. The van der Waals surface area contributed by atoms with E-state index in [1.807, 2.05) is 25.1 Å². The number of anilines is 1. The number of hydrogen-bond acceptors (Lipinski definition) is 3. The molecule has 0 aromatic heterocycles. The van der Waals surface area contributed by atoms with E-state index >= 15 is 0 Å². The summed E-state index contributed by atoms with van der Waals surface area (Å²) in [7, 11) is 1.70. The quantitative estimate of drug-likeness (QED) is 0.720. The Balaban J connectivity index is 2.19. The number of aryl methyl sites for hydroxylation is 1. The first-order valence-electron chi connectivity index (χ1n) is 5.43. The number of benzene rings is 1. The maximum absolute atomic E-state index is 6.02. The van der Waals surface area contributed by atoms with Crippen LogP contribution in [-0.4, -0.2) is 33.4 Å². The van der Waals surface area contributed by atoms with Gasteiger partial charge in [0, 0.05) is 37.5 Å². The lowest BCUT2D eigenvalue weighted by atomic mass is 10.2. The molecule has 0 amide bonds. The number of ether oxygens (including phenoxy) is 1. The van der Waals surface area contributed by atoms with Crippen LogP contribution in [0.2, 0.25) is 5.02 Å². The van der Waals surface area contributed by atoms with Gasteiger partial charge in [-0.2, -0.15) is 0 Å². The van der Waals surface area contributed by atoms with Crippen molar-refractivity contribution in [3.05, 3.63) is 28.8 Å². The Kier molecular flexibility index (Phi) is 6.23. The van der Waals surface area contributed by atoms with Crippen LogP contribution in [-0.2, 0) is 4.74 Å². The van der Waals surface area contributed by atoms with Crippen LogP contribution < -0.4 is 10.6 Å². The molecule has 1 rings (SSSR count). The monoisotopic (exact) mass is 242 g/mol. The highest BCUT2D eigenvalue weighted by atomic mass is 35.5. The van der Waals surface area contributed by atoms with Crippen LogP contribution >= 0.6 is 11.6 Å². The largest absolute Gasteiger partial charge is 0.384 e. The van der Waals surface area contributed by atoms with Crippen LogP contribution in [0.5, 0.6) is 0 Å². The van der Waals surface area contributed by atoms with Crippen LogP contribution in [0.15, 0.2) is 18.2 Å². The van der Waals surface area contributed by atoms with Gasteiger partial charge in [-0.05, 0) is 24.6 Å². The zero-order valence-electron chi connectivity index (χ0n) is 9.85. The Bertz CT molecular complexity index is 318.